The monoisotopic (exact) mass is 504 g/mol. The van der Waals surface area contributed by atoms with E-state index in [0.29, 0.717) is 0 Å². The van der Waals surface area contributed by atoms with Gasteiger partial charge in [0.05, 0.1) is 12.7 Å². The van der Waals surface area contributed by atoms with Gasteiger partial charge in [0.25, 0.3) is 0 Å². The summed E-state index contributed by atoms with van der Waals surface area (Å²) in [4.78, 5) is 37.2. The second kappa shape index (κ2) is 10.6. The quantitative estimate of drug-likeness (QED) is 0.166. The highest BCUT2D eigenvalue weighted by Crippen LogP contribution is 2.67. The fourth-order valence-electron chi connectivity index (χ4n) is 1.76. The van der Waals surface area contributed by atoms with E-state index in [9.17, 15) is 32.7 Å². The molecular weight excluding hydrogens is 491 g/mol. The molecule has 1 heterocycles. The summed E-state index contributed by atoms with van der Waals surface area (Å²) in [6, 6.07) is -1.03. The first kappa shape index (κ1) is 27.1. The van der Waals surface area contributed by atoms with Crippen LogP contribution in [-0.4, -0.2) is 72.2 Å². The van der Waals surface area contributed by atoms with Crippen LogP contribution in [0, 0.1) is 0 Å². The highest BCUT2D eigenvalue weighted by Gasteiger charge is 2.42. The summed E-state index contributed by atoms with van der Waals surface area (Å²) in [5.74, 6) is 0. The molecule has 28 heavy (non-hydrogen) atoms. The zero-order valence-corrected chi connectivity index (χ0v) is 17.8. The number of halogens is 1. The van der Waals surface area contributed by atoms with E-state index in [1.165, 1.54) is 0 Å². The van der Waals surface area contributed by atoms with Gasteiger partial charge in [0.15, 0.2) is 0 Å². The minimum Gasteiger partial charge on any atom is -0.444 e. The van der Waals surface area contributed by atoms with Gasteiger partial charge in [-0.3, -0.25) is 13.4 Å². The Morgan fingerprint density at radius 1 is 1.18 bits per heavy atom. The maximum absolute atomic E-state index is 11.9. The van der Waals surface area contributed by atoms with E-state index in [-0.39, 0.29) is 6.42 Å². The number of hydrogen-bond donors (Lipinski definition) is 5. The Labute approximate surface area is 165 Å². The Morgan fingerprint density at radius 3 is 2.32 bits per heavy atom. The van der Waals surface area contributed by atoms with Crippen LogP contribution in [0.25, 0.3) is 0 Å². The van der Waals surface area contributed by atoms with E-state index < -0.39 is 69.6 Å². The molecule has 14 nitrogen and oxygen atoms in total. The van der Waals surface area contributed by atoms with Crippen molar-refractivity contribution in [3.63, 3.8) is 0 Å². The number of rotatable bonds is 12. The normalized spacial score (nSPS) is 31.1. The molecule has 0 aromatic carbocycles. The molecule has 0 aliphatic carbocycles. The van der Waals surface area contributed by atoms with Crippen LogP contribution in [0.4, 0.5) is 4.32 Å². The van der Waals surface area contributed by atoms with Crippen molar-refractivity contribution in [3.8, 4) is 0 Å². The molecule has 23 heteroatoms. The molecule has 1 fully saturated rings. The zero-order valence-electron chi connectivity index (χ0n) is 13.4. The van der Waals surface area contributed by atoms with Gasteiger partial charge in [-0.05, 0) is 18.2 Å². The Kier molecular flexibility index (Phi) is 10.2. The van der Waals surface area contributed by atoms with Crippen LogP contribution < -0.4 is 0 Å². The highest BCUT2D eigenvalue weighted by molar-refractivity contribution is 8.08. The van der Waals surface area contributed by atoms with Crippen LogP contribution in [0.5, 0.6) is 0 Å². The van der Waals surface area contributed by atoms with Crippen molar-refractivity contribution < 1.29 is 69.5 Å². The predicted molar refractivity (Wildman–Crippen MR) is 93.9 cm³/mol. The van der Waals surface area contributed by atoms with Gasteiger partial charge in [-0.15, -0.1) is 0 Å². The Hall–Kier alpha value is 1.02. The molecule has 4 radical (unpaired) electrons. The second-order valence-electron chi connectivity index (χ2n) is 4.83. The third-order valence-corrected chi connectivity index (χ3v) is 8.62. The lowest BCUT2D eigenvalue weighted by molar-refractivity contribution is 0.000131. The van der Waals surface area contributed by atoms with Gasteiger partial charge in [-0.25, -0.2) is 17.8 Å². The molecule has 1 saturated heterocycles. The van der Waals surface area contributed by atoms with Crippen LogP contribution in [-0.2, 0) is 52.3 Å². The predicted octanol–water partition coefficient (Wildman–Crippen LogP) is -0.645. The topological polar surface area (TPSA) is 208 Å². The minimum absolute atomic E-state index is 0.189. The van der Waals surface area contributed by atoms with E-state index >= 15 is 0 Å². The fourth-order valence-corrected chi connectivity index (χ4v) is 6.72. The smallest absolute Gasteiger partial charge is 0.444 e. The fraction of sp³-hybridized carbons (Fsp3) is 1.00. The van der Waals surface area contributed by atoms with Crippen LogP contribution in [0.3, 0.4) is 0 Å². The number of phosphoric ester groups is 1. The maximum Gasteiger partial charge on any atom is 0.544 e. The molecule has 158 valence electrons. The van der Waals surface area contributed by atoms with E-state index in [1.807, 2.05) is 0 Å². The summed E-state index contributed by atoms with van der Waals surface area (Å²) < 4.78 is 71.9. The van der Waals surface area contributed by atoms with Gasteiger partial charge >= 0.3 is 44.8 Å². The van der Waals surface area contributed by atoms with Crippen LogP contribution in [0.1, 0.15) is 6.42 Å². The van der Waals surface area contributed by atoms with Gasteiger partial charge < -0.3 is 38.3 Å². The molecule has 5 N–H and O–H groups in total. The third-order valence-electron chi connectivity index (χ3n) is 2.64. The van der Waals surface area contributed by atoms with Crippen molar-refractivity contribution in [3.05, 3.63) is 0 Å². The largest absolute Gasteiger partial charge is 0.544 e. The molecule has 7 atom stereocenters. The first-order chi connectivity index (χ1) is 12.6. The molecule has 0 aromatic heterocycles. The molecular formula is C5H12B3FO14P4S. The minimum atomic E-state index is -5.46. The molecule has 1 rings (SSSR count). The number of phosphoric acid groups is 2. The van der Waals surface area contributed by atoms with Crippen molar-refractivity contribution >= 4 is 64.5 Å². The summed E-state index contributed by atoms with van der Waals surface area (Å²) in [7, 11) is -10.9. The zero-order chi connectivity index (χ0) is 21.8. The highest BCUT2D eigenvalue weighted by atomic mass is 32.5. The molecule has 1 aliphatic heterocycles. The summed E-state index contributed by atoms with van der Waals surface area (Å²) in [5.41, 5.74) is 0. The number of hydrogen-bond acceptors (Lipinski definition) is 11. The Bertz CT molecular complexity index is 727. The van der Waals surface area contributed by atoms with Gasteiger partial charge in [0.2, 0.25) is 0 Å². The van der Waals surface area contributed by atoms with E-state index in [2.05, 4.69) is 29.4 Å². The molecule has 0 saturated carbocycles. The van der Waals surface area contributed by atoms with Gasteiger partial charge in [0.1, 0.15) is 14.0 Å². The Balaban J connectivity index is 2.71. The molecule has 0 amide bonds. The Morgan fingerprint density at radius 2 is 1.79 bits per heavy atom. The molecule has 1 aliphatic rings. The number of ether oxygens (including phenoxy) is 1. The van der Waals surface area contributed by atoms with Crippen molar-refractivity contribution in [2.45, 2.75) is 24.6 Å². The first-order valence-electron chi connectivity index (χ1n) is 6.67. The van der Waals surface area contributed by atoms with E-state index in [1.54, 1.807) is 0 Å². The lowest BCUT2D eigenvalue weighted by atomic mass is 9.96. The average Bonchev–Trinajstić information content (AvgIpc) is 2.81. The van der Waals surface area contributed by atoms with Gasteiger partial charge in [-0.2, -0.15) is 0 Å². The van der Waals surface area contributed by atoms with Crippen molar-refractivity contribution in [2.75, 3.05) is 6.61 Å². The van der Waals surface area contributed by atoms with Crippen LogP contribution >= 0.6 is 29.8 Å². The van der Waals surface area contributed by atoms with E-state index in [4.69, 9.17) is 27.0 Å². The van der Waals surface area contributed by atoms with Crippen molar-refractivity contribution in [1.29, 1.82) is 0 Å². The second-order valence-corrected chi connectivity index (χ2v) is 12.4. The lowest BCUT2D eigenvalue weighted by Crippen LogP contribution is -2.28. The van der Waals surface area contributed by atoms with Crippen LogP contribution in [0.15, 0.2) is 0 Å². The maximum atomic E-state index is 11.9. The lowest BCUT2D eigenvalue weighted by Gasteiger charge is -2.24. The van der Waals surface area contributed by atoms with Crippen molar-refractivity contribution in [1.82, 2.24) is 0 Å². The molecule has 0 bridgehead atoms. The van der Waals surface area contributed by atoms with Gasteiger partial charge in [0, 0.05) is 6.00 Å². The van der Waals surface area contributed by atoms with E-state index in [0.717, 1.165) is 0 Å². The summed E-state index contributed by atoms with van der Waals surface area (Å²) >= 11 is 4.43. The standard InChI is InChI=1S/C5H12B3FO14P4S/c6-5-1-3(20-25(13,14)21-7-9)4(19-5)2-18-27(17,28)23-26(15,16)22-24(11,12)8-10/h3-5,10H,1-2H2,(H,11,12)(H,13,14)(H,15,16)(H,17,28)/t3-,4+,5+,27?/m0/s1. The molecule has 4 unspecified atom stereocenters. The average molecular weight is 504 g/mol. The summed E-state index contributed by atoms with van der Waals surface area (Å²) in [5, 5.41) is 8.40. The SMILES string of the molecule is [B][C@H]1C[C@H](OP(=O)(O)O[B]F)[C@@H](COP(O)(=S)OP(=O)(O)OP(=O)(O)[B]O)O1. The van der Waals surface area contributed by atoms with Crippen molar-refractivity contribution in [2.24, 2.45) is 0 Å². The van der Waals surface area contributed by atoms with Gasteiger partial charge in [-0.1, -0.05) is 0 Å². The summed E-state index contributed by atoms with van der Waals surface area (Å²) in [6.07, 6.45) is -2.78. The molecule has 0 aromatic rings. The van der Waals surface area contributed by atoms with Crippen LogP contribution in [0.2, 0.25) is 0 Å². The summed E-state index contributed by atoms with van der Waals surface area (Å²) in [6.45, 7) is -5.38. The third kappa shape index (κ3) is 9.89. The first-order valence-corrected chi connectivity index (χ1v) is 13.9. The molecule has 0 spiro atoms.